The number of carbonyl (C=O) groups is 3. The van der Waals surface area contributed by atoms with Crippen LogP contribution >= 0.6 is 0 Å². The molecule has 2 aromatic carbocycles. The van der Waals surface area contributed by atoms with Crippen molar-refractivity contribution in [2.45, 2.75) is 26.2 Å². The molecule has 236 valence electrons. The van der Waals surface area contributed by atoms with Crippen LogP contribution in [0.2, 0.25) is 0 Å². The molecule has 0 unspecified atom stereocenters. The highest BCUT2D eigenvalue weighted by molar-refractivity contribution is 6.06. The van der Waals surface area contributed by atoms with Gasteiger partial charge in [0.1, 0.15) is 11.6 Å². The predicted octanol–water partition coefficient (Wildman–Crippen LogP) is 5.39. The Morgan fingerprint density at radius 3 is 1.84 bits per heavy atom. The number of carboxylic acid groups (broad SMARTS) is 1. The van der Waals surface area contributed by atoms with Gasteiger partial charge >= 0.3 is 6.09 Å². The molecule has 6 N–H and O–H groups in total. The molecule has 0 saturated heterocycles. The summed E-state index contributed by atoms with van der Waals surface area (Å²) in [6, 6.07) is 6.25. The maximum atomic E-state index is 14.4. The molecule has 0 atom stereocenters. The van der Waals surface area contributed by atoms with Crippen LogP contribution in [0.3, 0.4) is 0 Å². The number of rotatable bonds is 7. The molecule has 0 aliphatic carbocycles. The molecule has 14 heteroatoms. The minimum atomic E-state index is -1.31. The first kappa shape index (κ1) is 33.7. The van der Waals surface area contributed by atoms with Gasteiger partial charge in [0.2, 0.25) is 11.8 Å². The fraction of sp³-hybridized carbons (Fsp3) is 0.194. The van der Waals surface area contributed by atoms with Crippen molar-refractivity contribution in [1.29, 1.82) is 0 Å². The number of benzene rings is 2. The van der Waals surface area contributed by atoms with E-state index in [9.17, 15) is 23.2 Å². The van der Waals surface area contributed by atoms with Crippen LogP contribution in [0.25, 0.3) is 12.2 Å². The Morgan fingerprint density at radius 2 is 1.38 bits per heavy atom. The zero-order valence-electron chi connectivity index (χ0n) is 25.3. The van der Waals surface area contributed by atoms with Gasteiger partial charge in [0, 0.05) is 55.3 Å². The van der Waals surface area contributed by atoms with Crippen molar-refractivity contribution in [2.75, 3.05) is 21.7 Å². The molecule has 4 rings (SSSR count). The number of amides is 3. The highest BCUT2D eigenvalue weighted by Crippen LogP contribution is 2.37. The number of nitrogen functional groups attached to an aromatic ring is 1. The molecule has 3 amide bonds. The lowest BCUT2D eigenvalue weighted by molar-refractivity contribution is -0.112. The molecule has 2 aromatic heterocycles. The molecular weight excluding hydrogens is 586 g/mol. The summed E-state index contributed by atoms with van der Waals surface area (Å²) in [5.74, 6) is -1.83. The van der Waals surface area contributed by atoms with Crippen LogP contribution in [0.4, 0.5) is 36.3 Å². The van der Waals surface area contributed by atoms with Gasteiger partial charge in [0.05, 0.1) is 35.1 Å². The fourth-order valence-corrected chi connectivity index (χ4v) is 4.04. The number of anilines is 4. The Hall–Kier alpha value is -5.79. The number of aryl methyl sites for hydroxylation is 2. The Balaban J connectivity index is 0.000000257. The van der Waals surface area contributed by atoms with Gasteiger partial charge in [-0.05, 0) is 47.9 Å². The van der Waals surface area contributed by atoms with E-state index in [-0.39, 0.29) is 28.5 Å². The molecule has 0 aliphatic rings. The van der Waals surface area contributed by atoms with Gasteiger partial charge in [-0.2, -0.15) is 10.2 Å². The molecule has 2 heterocycles. The summed E-state index contributed by atoms with van der Waals surface area (Å²) in [5, 5.41) is 24.3. The summed E-state index contributed by atoms with van der Waals surface area (Å²) in [7, 11) is 3.54. The predicted molar refractivity (Wildman–Crippen MR) is 169 cm³/mol. The van der Waals surface area contributed by atoms with Crippen molar-refractivity contribution < 1.29 is 28.3 Å². The van der Waals surface area contributed by atoms with E-state index in [1.807, 2.05) is 0 Å². The molecule has 12 nitrogen and oxygen atoms in total. The van der Waals surface area contributed by atoms with Crippen LogP contribution in [0.15, 0.2) is 67.3 Å². The van der Waals surface area contributed by atoms with E-state index in [0.717, 1.165) is 17.2 Å². The number of nitrogens with two attached hydrogens (primary N) is 1. The van der Waals surface area contributed by atoms with Crippen LogP contribution in [-0.2, 0) is 29.1 Å². The number of hydrogen-bond donors (Lipinski definition) is 5. The third-order valence-corrected chi connectivity index (χ3v) is 5.97. The molecule has 0 radical (unpaired) electrons. The standard InChI is InChI=1S/C18H21FN4O3.C13H13FN4O/c1-18(2,3)15-12(19)6-7-13(21-17(25)26)16(15)22-14(24)8-5-11-9-20-23(4)10-11;1-18-8-9(7-16-18)2-5-13(19)17-12-4-3-10(14)6-11(12)15/h5-10,21H,1-4H3,(H,22,24)(H,25,26);2-8H,15H2,1H3,(H,17,19)/b8-5+;5-2+. The van der Waals surface area contributed by atoms with Crippen molar-refractivity contribution in [1.82, 2.24) is 19.6 Å². The molecule has 0 fully saturated rings. The van der Waals surface area contributed by atoms with E-state index < -0.39 is 29.0 Å². The Labute approximate surface area is 258 Å². The second-order valence-corrected chi connectivity index (χ2v) is 10.8. The Morgan fingerprint density at radius 1 is 0.844 bits per heavy atom. The first-order valence-electron chi connectivity index (χ1n) is 13.5. The van der Waals surface area contributed by atoms with Crippen LogP contribution in [-0.4, -0.2) is 42.6 Å². The molecule has 0 bridgehead atoms. The van der Waals surface area contributed by atoms with Gasteiger partial charge in [0.25, 0.3) is 0 Å². The van der Waals surface area contributed by atoms with E-state index in [2.05, 4.69) is 26.1 Å². The maximum Gasteiger partial charge on any atom is 0.409 e. The molecular formula is C31H34F2N8O4. The van der Waals surface area contributed by atoms with E-state index in [0.29, 0.717) is 5.69 Å². The van der Waals surface area contributed by atoms with E-state index in [1.54, 1.807) is 81.2 Å². The van der Waals surface area contributed by atoms with Gasteiger partial charge in [-0.1, -0.05) is 20.8 Å². The van der Waals surface area contributed by atoms with Gasteiger partial charge in [-0.25, -0.2) is 13.6 Å². The molecule has 0 spiro atoms. The quantitative estimate of drug-likeness (QED) is 0.136. The first-order valence-corrected chi connectivity index (χ1v) is 13.5. The van der Waals surface area contributed by atoms with E-state index in [1.165, 1.54) is 36.4 Å². The number of carbonyl (C=O) groups excluding carboxylic acids is 2. The zero-order valence-corrected chi connectivity index (χ0v) is 25.3. The third-order valence-electron chi connectivity index (χ3n) is 5.97. The summed E-state index contributed by atoms with van der Waals surface area (Å²) in [5.41, 5.74) is 7.44. The van der Waals surface area contributed by atoms with Crippen LogP contribution in [0, 0.1) is 11.6 Å². The number of hydrogen-bond acceptors (Lipinski definition) is 6. The monoisotopic (exact) mass is 620 g/mol. The highest BCUT2D eigenvalue weighted by Gasteiger charge is 2.26. The summed E-state index contributed by atoms with van der Waals surface area (Å²) in [4.78, 5) is 35.0. The van der Waals surface area contributed by atoms with Gasteiger partial charge < -0.3 is 21.5 Å². The van der Waals surface area contributed by atoms with Crippen LogP contribution in [0.5, 0.6) is 0 Å². The lowest BCUT2D eigenvalue weighted by atomic mass is 9.84. The minimum absolute atomic E-state index is 0.0979. The second-order valence-electron chi connectivity index (χ2n) is 10.8. The fourth-order valence-electron chi connectivity index (χ4n) is 4.04. The second kappa shape index (κ2) is 14.6. The summed E-state index contributed by atoms with van der Waals surface area (Å²) < 4.78 is 30.5. The van der Waals surface area contributed by atoms with Gasteiger partial charge in [0.15, 0.2) is 0 Å². The third kappa shape index (κ3) is 10.2. The Kier molecular flexibility index (Phi) is 10.9. The average Bonchev–Trinajstić information content (AvgIpc) is 3.56. The van der Waals surface area contributed by atoms with Crippen molar-refractivity contribution >= 4 is 52.8 Å². The summed E-state index contributed by atoms with van der Waals surface area (Å²) in [6.45, 7) is 5.32. The summed E-state index contributed by atoms with van der Waals surface area (Å²) in [6.07, 6.45) is 11.2. The topological polar surface area (TPSA) is 169 Å². The lowest BCUT2D eigenvalue weighted by Crippen LogP contribution is -2.22. The van der Waals surface area contributed by atoms with E-state index >= 15 is 0 Å². The number of aromatic nitrogens is 4. The van der Waals surface area contributed by atoms with Gasteiger partial charge in [-0.3, -0.25) is 24.3 Å². The highest BCUT2D eigenvalue weighted by atomic mass is 19.1. The smallest absolute Gasteiger partial charge is 0.409 e. The first-order chi connectivity index (χ1) is 21.1. The minimum Gasteiger partial charge on any atom is -0.465 e. The summed E-state index contributed by atoms with van der Waals surface area (Å²) >= 11 is 0. The molecule has 45 heavy (non-hydrogen) atoms. The average molecular weight is 621 g/mol. The molecule has 0 saturated carbocycles. The van der Waals surface area contributed by atoms with E-state index in [4.69, 9.17) is 10.8 Å². The van der Waals surface area contributed by atoms with Crippen molar-refractivity contribution in [3.63, 3.8) is 0 Å². The Bertz CT molecular complexity index is 1750. The SMILES string of the molecule is Cn1cc(/C=C/C(=O)Nc2c(NC(=O)O)ccc(F)c2C(C)(C)C)cn1.Cn1cc(/C=C/C(=O)Nc2ccc(F)cc2N)cn1. The number of nitrogens with zero attached hydrogens (tertiary/aromatic N) is 4. The zero-order chi connectivity index (χ0) is 33.3. The van der Waals surface area contributed by atoms with Crippen molar-refractivity contribution in [3.8, 4) is 0 Å². The normalized spacial score (nSPS) is 11.3. The van der Waals surface area contributed by atoms with Crippen LogP contribution in [0.1, 0.15) is 37.5 Å². The lowest BCUT2D eigenvalue weighted by Gasteiger charge is -2.25. The maximum absolute atomic E-state index is 14.4. The number of nitrogens with one attached hydrogen (secondary N) is 3. The van der Waals surface area contributed by atoms with Crippen molar-refractivity contribution in [2.24, 2.45) is 14.1 Å². The molecule has 0 aliphatic heterocycles. The van der Waals surface area contributed by atoms with Crippen molar-refractivity contribution in [3.05, 3.63) is 95.6 Å². The van der Waals surface area contributed by atoms with Gasteiger partial charge in [-0.15, -0.1) is 0 Å². The number of halogens is 2. The molecule has 4 aromatic rings. The van der Waals surface area contributed by atoms with Crippen LogP contribution < -0.4 is 21.7 Å². The largest absolute Gasteiger partial charge is 0.465 e.